The first-order valence-corrected chi connectivity index (χ1v) is 7.06. The van der Waals surface area contributed by atoms with Gasteiger partial charge in [0.05, 0.1) is 29.5 Å². The van der Waals surface area contributed by atoms with Gasteiger partial charge in [-0.3, -0.25) is 4.98 Å². The van der Waals surface area contributed by atoms with Gasteiger partial charge in [0.2, 0.25) is 10.0 Å². The third-order valence-electron chi connectivity index (χ3n) is 2.13. The Morgan fingerprint density at radius 3 is 2.47 bits per heavy atom. The maximum atomic E-state index is 11.2. The molecule has 0 aliphatic heterocycles. The topological polar surface area (TPSA) is 83.1 Å². The van der Waals surface area contributed by atoms with Crippen LogP contribution in [0, 0.1) is 0 Å². The van der Waals surface area contributed by atoms with E-state index >= 15 is 0 Å². The standard InChI is InChI=1S/C10H18N4O2S/c1-3-13-9-6-10(8-12-7-9)14-4-5-17(15,16)11-2/h6-8,11,13-14H,3-5H2,1-2H3. The van der Waals surface area contributed by atoms with Crippen LogP contribution in [0.4, 0.5) is 11.4 Å². The van der Waals surface area contributed by atoms with Crippen LogP contribution in [-0.2, 0) is 10.0 Å². The van der Waals surface area contributed by atoms with Crippen molar-refractivity contribution in [2.75, 3.05) is 36.5 Å². The number of pyridine rings is 1. The van der Waals surface area contributed by atoms with E-state index in [0.717, 1.165) is 17.9 Å². The lowest BCUT2D eigenvalue weighted by Gasteiger charge is -2.08. The molecule has 0 saturated heterocycles. The summed E-state index contributed by atoms with van der Waals surface area (Å²) in [6.45, 7) is 3.17. The van der Waals surface area contributed by atoms with Gasteiger partial charge in [-0.05, 0) is 20.0 Å². The smallest absolute Gasteiger partial charge is 0.213 e. The molecule has 1 aromatic heterocycles. The maximum Gasteiger partial charge on any atom is 0.213 e. The third-order valence-corrected chi connectivity index (χ3v) is 3.49. The molecule has 0 atom stereocenters. The molecule has 0 unspecified atom stereocenters. The Morgan fingerprint density at radius 1 is 1.24 bits per heavy atom. The van der Waals surface area contributed by atoms with Crippen LogP contribution >= 0.6 is 0 Å². The zero-order valence-corrected chi connectivity index (χ0v) is 10.8. The van der Waals surface area contributed by atoms with Crippen LogP contribution in [0.15, 0.2) is 18.5 Å². The number of aromatic nitrogens is 1. The second kappa shape index (κ2) is 6.41. The van der Waals surface area contributed by atoms with Gasteiger partial charge in [-0.25, -0.2) is 13.1 Å². The average molecular weight is 258 g/mol. The molecule has 1 aromatic rings. The Morgan fingerprint density at radius 2 is 1.88 bits per heavy atom. The van der Waals surface area contributed by atoms with Crippen molar-refractivity contribution in [3.05, 3.63) is 18.5 Å². The van der Waals surface area contributed by atoms with E-state index in [1.807, 2.05) is 13.0 Å². The minimum absolute atomic E-state index is 0.0366. The summed E-state index contributed by atoms with van der Waals surface area (Å²) in [7, 11) is -1.75. The van der Waals surface area contributed by atoms with E-state index in [4.69, 9.17) is 0 Å². The van der Waals surface area contributed by atoms with Crippen LogP contribution < -0.4 is 15.4 Å². The first-order valence-electron chi connectivity index (χ1n) is 5.41. The monoisotopic (exact) mass is 258 g/mol. The van der Waals surface area contributed by atoms with Gasteiger partial charge in [0.1, 0.15) is 0 Å². The van der Waals surface area contributed by atoms with Gasteiger partial charge in [-0.2, -0.15) is 0 Å². The highest BCUT2D eigenvalue weighted by Gasteiger charge is 2.05. The number of hydrogen-bond donors (Lipinski definition) is 3. The molecule has 0 saturated carbocycles. The van der Waals surface area contributed by atoms with Gasteiger partial charge in [-0.15, -0.1) is 0 Å². The van der Waals surface area contributed by atoms with Gasteiger partial charge < -0.3 is 10.6 Å². The van der Waals surface area contributed by atoms with Crippen molar-refractivity contribution >= 4 is 21.4 Å². The van der Waals surface area contributed by atoms with Crippen molar-refractivity contribution in [2.45, 2.75) is 6.92 Å². The van der Waals surface area contributed by atoms with Gasteiger partial charge in [-0.1, -0.05) is 0 Å². The van der Waals surface area contributed by atoms with E-state index in [2.05, 4.69) is 20.3 Å². The molecule has 0 aliphatic rings. The second-order valence-electron chi connectivity index (χ2n) is 3.44. The third kappa shape index (κ3) is 5.01. The zero-order valence-electron chi connectivity index (χ0n) is 10.0. The fourth-order valence-electron chi connectivity index (χ4n) is 1.27. The molecule has 1 heterocycles. The molecule has 0 aromatic carbocycles. The predicted molar refractivity (Wildman–Crippen MR) is 69.7 cm³/mol. The first-order chi connectivity index (χ1) is 8.07. The molecule has 0 amide bonds. The highest BCUT2D eigenvalue weighted by atomic mass is 32.2. The molecule has 6 nitrogen and oxygen atoms in total. The summed E-state index contributed by atoms with van der Waals surface area (Å²) in [6.07, 6.45) is 3.38. The molecule has 1 rings (SSSR count). The average Bonchev–Trinajstić information content (AvgIpc) is 2.30. The molecule has 96 valence electrons. The van der Waals surface area contributed by atoms with E-state index in [1.54, 1.807) is 12.4 Å². The largest absolute Gasteiger partial charge is 0.384 e. The Bertz CT molecular complexity index is 447. The lowest BCUT2D eigenvalue weighted by atomic mass is 10.3. The molecule has 3 N–H and O–H groups in total. The van der Waals surface area contributed by atoms with Crippen LogP contribution in [0.3, 0.4) is 0 Å². The number of hydrogen-bond acceptors (Lipinski definition) is 5. The molecule has 0 bridgehead atoms. The number of nitrogens with one attached hydrogen (secondary N) is 3. The van der Waals surface area contributed by atoms with Gasteiger partial charge in [0.15, 0.2) is 0 Å². The lowest BCUT2D eigenvalue weighted by Crippen LogP contribution is -2.26. The molecule has 7 heteroatoms. The molecule has 0 spiro atoms. The van der Waals surface area contributed by atoms with Gasteiger partial charge in [0, 0.05) is 13.1 Å². The van der Waals surface area contributed by atoms with Crippen LogP contribution in [0.5, 0.6) is 0 Å². The molecule has 0 aliphatic carbocycles. The van der Waals surface area contributed by atoms with Crippen LogP contribution in [0.1, 0.15) is 6.92 Å². The fraction of sp³-hybridized carbons (Fsp3) is 0.500. The normalized spacial score (nSPS) is 11.2. The molecular formula is C10H18N4O2S. The van der Waals surface area contributed by atoms with Crippen molar-refractivity contribution in [3.63, 3.8) is 0 Å². The Hall–Kier alpha value is -1.34. The molecular weight excluding hydrogens is 240 g/mol. The lowest BCUT2D eigenvalue weighted by molar-refractivity contribution is 0.588. The summed E-state index contributed by atoms with van der Waals surface area (Å²) >= 11 is 0. The summed E-state index contributed by atoms with van der Waals surface area (Å²) in [4.78, 5) is 4.05. The van der Waals surface area contributed by atoms with Gasteiger partial charge in [0.25, 0.3) is 0 Å². The van der Waals surface area contributed by atoms with Crippen molar-refractivity contribution in [2.24, 2.45) is 0 Å². The maximum absolute atomic E-state index is 11.2. The summed E-state index contributed by atoms with van der Waals surface area (Å²) in [5, 5.41) is 6.14. The first kappa shape index (κ1) is 13.7. The summed E-state index contributed by atoms with van der Waals surface area (Å²) < 4.78 is 24.6. The number of sulfonamides is 1. The summed E-state index contributed by atoms with van der Waals surface area (Å²) in [5.74, 6) is 0.0366. The highest BCUT2D eigenvalue weighted by Crippen LogP contribution is 2.12. The quantitative estimate of drug-likeness (QED) is 0.662. The van der Waals surface area contributed by atoms with E-state index in [-0.39, 0.29) is 5.75 Å². The van der Waals surface area contributed by atoms with Gasteiger partial charge >= 0.3 is 0 Å². The number of anilines is 2. The minimum Gasteiger partial charge on any atom is -0.384 e. The van der Waals surface area contributed by atoms with Crippen molar-refractivity contribution in [1.29, 1.82) is 0 Å². The molecule has 0 fully saturated rings. The van der Waals surface area contributed by atoms with Crippen molar-refractivity contribution in [3.8, 4) is 0 Å². The zero-order chi connectivity index (χ0) is 12.7. The summed E-state index contributed by atoms with van der Waals surface area (Å²) in [6, 6.07) is 1.89. The van der Waals surface area contributed by atoms with E-state index < -0.39 is 10.0 Å². The highest BCUT2D eigenvalue weighted by molar-refractivity contribution is 7.89. The van der Waals surface area contributed by atoms with Crippen LogP contribution in [-0.4, -0.2) is 39.3 Å². The summed E-state index contributed by atoms with van der Waals surface area (Å²) in [5.41, 5.74) is 1.71. The number of nitrogens with zero attached hydrogens (tertiary/aromatic N) is 1. The van der Waals surface area contributed by atoms with E-state index in [1.165, 1.54) is 7.05 Å². The predicted octanol–water partition coefficient (Wildman–Crippen LogP) is 0.474. The Labute approximate surface area is 102 Å². The van der Waals surface area contributed by atoms with E-state index in [0.29, 0.717) is 6.54 Å². The van der Waals surface area contributed by atoms with E-state index in [9.17, 15) is 8.42 Å². The fourth-order valence-corrected chi connectivity index (χ4v) is 1.84. The SMILES string of the molecule is CCNc1cncc(NCCS(=O)(=O)NC)c1. The molecule has 17 heavy (non-hydrogen) atoms. The van der Waals surface area contributed by atoms with Crippen molar-refractivity contribution < 1.29 is 8.42 Å². The number of rotatable bonds is 7. The van der Waals surface area contributed by atoms with Crippen molar-refractivity contribution in [1.82, 2.24) is 9.71 Å². The van der Waals surface area contributed by atoms with Crippen LogP contribution in [0.25, 0.3) is 0 Å². The molecule has 0 radical (unpaired) electrons. The second-order valence-corrected chi connectivity index (χ2v) is 5.49. The Balaban J connectivity index is 2.49. The minimum atomic E-state index is -3.16. The van der Waals surface area contributed by atoms with Crippen LogP contribution in [0.2, 0.25) is 0 Å². The Kier molecular flexibility index (Phi) is 5.17.